The molecule has 5 heteroatoms. The molecule has 0 atom stereocenters. The predicted molar refractivity (Wildman–Crippen MR) is 171 cm³/mol. The van der Waals surface area contributed by atoms with E-state index >= 15 is 0 Å². The molecule has 39 heavy (non-hydrogen) atoms. The Bertz CT molecular complexity index is 549. The SMILES string of the molecule is CCCCCCCC/C=C\CCCCCCCCOC(=O)CCSCCC(=O)OCCCCCCCCCC. The van der Waals surface area contributed by atoms with E-state index in [1.54, 1.807) is 11.8 Å². The number of esters is 2. The van der Waals surface area contributed by atoms with Gasteiger partial charge in [-0.2, -0.15) is 11.8 Å². The van der Waals surface area contributed by atoms with Gasteiger partial charge >= 0.3 is 11.9 Å². The van der Waals surface area contributed by atoms with Gasteiger partial charge in [-0.15, -0.1) is 0 Å². The summed E-state index contributed by atoms with van der Waals surface area (Å²) in [5.41, 5.74) is 0. The highest BCUT2D eigenvalue weighted by atomic mass is 32.2. The topological polar surface area (TPSA) is 52.6 Å². The maximum absolute atomic E-state index is 11.9. The highest BCUT2D eigenvalue weighted by Crippen LogP contribution is 2.12. The fraction of sp³-hybridized carbons (Fsp3) is 0.882. The molecule has 0 aliphatic rings. The van der Waals surface area contributed by atoms with E-state index in [-0.39, 0.29) is 11.9 Å². The van der Waals surface area contributed by atoms with E-state index < -0.39 is 0 Å². The monoisotopic (exact) mass is 568 g/mol. The van der Waals surface area contributed by atoms with Crippen molar-refractivity contribution in [3.8, 4) is 0 Å². The normalized spacial score (nSPS) is 11.3. The third-order valence-corrected chi connectivity index (χ3v) is 8.07. The second kappa shape index (κ2) is 33.2. The lowest BCUT2D eigenvalue weighted by atomic mass is 10.1. The minimum absolute atomic E-state index is 0.118. The van der Waals surface area contributed by atoms with E-state index in [4.69, 9.17) is 9.47 Å². The molecule has 0 rings (SSSR count). The summed E-state index contributed by atoms with van der Waals surface area (Å²) in [7, 11) is 0. The first kappa shape index (κ1) is 38.0. The molecule has 230 valence electrons. The van der Waals surface area contributed by atoms with Gasteiger partial charge in [-0.3, -0.25) is 9.59 Å². The second-order valence-electron chi connectivity index (χ2n) is 11.0. The maximum atomic E-state index is 11.9. The summed E-state index contributed by atoms with van der Waals surface area (Å²) in [6.07, 6.45) is 33.4. The van der Waals surface area contributed by atoms with E-state index in [0.717, 1.165) is 25.7 Å². The Balaban J connectivity index is 3.29. The molecule has 0 spiro atoms. The molecular formula is C34H64O4S. The van der Waals surface area contributed by atoms with Crippen LogP contribution in [0.3, 0.4) is 0 Å². The molecule has 0 bridgehead atoms. The van der Waals surface area contributed by atoms with Gasteiger partial charge in [0.15, 0.2) is 0 Å². The summed E-state index contributed by atoms with van der Waals surface area (Å²) in [6, 6.07) is 0. The smallest absolute Gasteiger partial charge is 0.306 e. The van der Waals surface area contributed by atoms with Crippen LogP contribution in [0.4, 0.5) is 0 Å². The average molecular weight is 569 g/mol. The lowest BCUT2D eigenvalue weighted by Gasteiger charge is -2.06. The zero-order valence-electron chi connectivity index (χ0n) is 26.0. The average Bonchev–Trinajstić information content (AvgIpc) is 2.93. The number of hydrogen-bond donors (Lipinski definition) is 0. The van der Waals surface area contributed by atoms with Crippen LogP contribution in [0.5, 0.6) is 0 Å². The van der Waals surface area contributed by atoms with E-state index in [2.05, 4.69) is 26.0 Å². The summed E-state index contributed by atoms with van der Waals surface area (Å²) in [4.78, 5) is 23.7. The second-order valence-corrected chi connectivity index (χ2v) is 12.2. The van der Waals surface area contributed by atoms with E-state index in [1.165, 1.54) is 116 Å². The van der Waals surface area contributed by atoms with E-state index in [1.807, 2.05) is 0 Å². The summed E-state index contributed by atoms with van der Waals surface area (Å²) < 4.78 is 10.7. The zero-order valence-corrected chi connectivity index (χ0v) is 26.8. The van der Waals surface area contributed by atoms with Crippen molar-refractivity contribution in [1.29, 1.82) is 0 Å². The lowest BCUT2D eigenvalue weighted by molar-refractivity contribution is -0.144. The predicted octanol–water partition coefficient (Wildman–Crippen LogP) is 10.8. The van der Waals surface area contributed by atoms with Gasteiger partial charge in [0.1, 0.15) is 0 Å². The largest absolute Gasteiger partial charge is 0.466 e. The summed E-state index contributed by atoms with van der Waals surface area (Å²) in [5, 5.41) is 0. The van der Waals surface area contributed by atoms with Crippen LogP contribution in [0.1, 0.15) is 168 Å². The summed E-state index contributed by atoms with van der Waals surface area (Å²) in [6.45, 7) is 5.59. The quantitative estimate of drug-likeness (QED) is 0.0473. The van der Waals surface area contributed by atoms with Crippen LogP contribution < -0.4 is 0 Å². The molecule has 0 heterocycles. The van der Waals surface area contributed by atoms with Gasteiger partial charge in [0, 0.05) is 11.5 Å². The Hall–Kier alpha value is -0.970. The molecule has 0 aliphatic heterocycles. The van der Waals surface area contributed by atoms with Gasteiger partial charge in [0.2, 0.25) is 0 Å². The number of carbonyl (C=O) groups excluding carboxylic acids is 2. The maximum Gasteiger partial charge on any atom is 0.306 e. The van der Waals surface area contributed by atoms with Crippen LogP contribution in [0.25, 0.3) is 0 Å². The van der Waals surface area contributed by atoms with E-state index in [0.29, 0.717) is 37.6 Å². The highest BCUT2D eigenvalue weighted by Gasteiger charge is 2.06. The molecule has 0 aromatic carbocycles. The third kappa shape index (κ3) is 33.1. The van der Waals surface area contributed by atoms with Crippen molar-refractivity contribution in [2.45, 2.75) is 168 Å². The number of rotatable bonds is 31. The first-order valence-corrected chi connectivity index (χ1v) is 17.9. The van der Waals surface area contributed by atoms with Crippen LogP contribution >= 0.6 is 11.8 Å². The Morgan fingerprint density at radius 1 is 0.487 bits per heavy atom. The van der Waals surface area contributed by atoms with Crippen molar-refractivity contribution in [3.63, 3.8) is 0 Å². The molecule has 0 saturated carbocycles. The number of unbranched alkanes of at least 4 members (excludes halogenated alkanes) is 19. The molecule has 0 saturated heterocycles. The molecule has 0 amide bonds. The molecule has 0 fully saturated rings. The molecule has 0 N–H and O–H groups in total. The van der Waals surface area contributed by atoms with Crippen molar-refractivity contribution in [2.75, 3.05) is 24.7 Å². The van der Waals surface area contributed by atoms with Crippen molar-refractivity contribution < 1.29 is 19.1 Å². The fourth-order valence-corrected chi connectivity index (χ4v) is 5.34. The molecule has 0 radical (unpaired) electrons. The van der Waals surface area contributed by atoms with Crippen molar-refractivity contribution in [2.24, 2.45) is 0 Å². The number of carbonyl (C=O) groups is 2. The van der Waals surface area contributed by atoms with Gasteiger partial charge in [0.05, 0.1) is 26.1 Å². The van der Waals surface area contributed by atoms with Crippen LogP contribution in [0, 0.1) is 0 Å². The highest BCUT2D eigenvalue weighted by molar-refractivity contribution is 7.99. The Morgan fingerprint density at radius 3 is 1.21 bits per heavy atom. The first-order chi connectivity index (χ1) is 19.2. The van der Waals surface area contributed by atoms with Crippen LogP contribution in [0.15, 0.2) is 12.2 Å². The van der Waals surface area contributed by atoms with Gasteiger partial charge in [-0.1, -0.05) is 129 Å². The van der Waals surface area contributed by atoms with Crippen molar-refractivity contribution >= 4 is 23.7 Å². The first-order valence-electron chi connectivity index (χ1n) is 16.7. The van der Waals surface area contributed by atoms with Crippen LogP contribution in [0.2, 0.25) is 0 Å². The Morgan fingerprint density at radius 2 is 0.821 bits per heavy atom. The number of hydrogen-bond acceptors (Lipinski definition) is 5. The molecular weight excluding hydrogens is 504 g/mol. The molecule has 0 aromatic heterocycles. The summed E-state index contributed by atoms with van der Waals surface area (Å²) in [5.74, 6) is 1.18. The standard InChI is InChI=1S/C34H64O4S/c1-3-5-7-9-11-13-14-15-16-17-18-19-20-22-24-26-30-38-34(36)28-32-39-31-27-33(35)37-29-25-23-21-12-10-8-6-4-2/h15-16H,3-14,17-32H2,1-2H3/b16-15-. The lowest BCUT2D eigenvalue weighted by Crippen LogP contribution is -2.09. The molecule has 4 nitrogen and oxygen atoms in total. The fourth-order valence-electron chi connectivity index (χ4n) is 4.51. The van der Waals surface area contributed by atoms with Crippen molar-refractivity contribution in [1.82, 2.24) is 0 Å². The minimum Gasteiger partial charge on any atom is -0.466 e. The van der Waals surface area contributed by atoms with Crippen LogP contribution in [-0.4, -0.2) is 36.7 Å². The zero-order chi connectivity index (χ0) is 28.5. The molecule has 0 aromatic rings. The third-order valence-electron chi connectivity index (χ3n) is 7.08. The van der Waals surface area contributed by atoms with Gasteiger partial charge < -0.3 is 9.47 Å². The number of thioether (sulfide) groups is 1. The van der Waals surface area contributed by atoms with Gasteiger partial charge in [0.25, 0.3) is 0 Å². The number of allylic oxidation sites excluding steroid dienone is 2. The summed E-state index contributed by atoms with van der Waals surface area (Å²) >= 11 is 1.63. The number of ether oxygens (including phenoxy) is 2. The van der Waals surface area contributed by atoms with E-state index in [9.17, 15) is 9.59 Å². The minimum atomic E-state index is -0.118. The molecule has 0 unspecified atom stereocenters. The van der Waals surface area contributed by atoms with Crippen molar-refractivity contribution in [3.05, 3.63) is 12.2 Å². The Labute approximate surface area is 247 Å². The molecule has 0 aliphatic carbocycles. The van der Waals surface area contributed by atoms with Gasteiger partial charge in [-0.05, 0) is 38.5 Å². The Kier molecular flexibility index (Phi) is 32.4. The van der Waals surface area contributed by atoms with Crippen LogP contribution in [-0.2, 0) is 19.1 Å². The van der Waals surface area contributed by atoms with Gasteiger partial charge in [-0.25, -0.2) is 0 Å².